The molecular formula is C17H11BrN2O5. The van der Waals surface area contributed by atoms with Crippen LogP contribution in [0.5, 0.6) is 11.5 Å². The number of carbonyl (C=O) groups excluding carboxylic acids is 1. The van der Waals surface area contributed by atoms with Crippen molar-refractivity contribution in [3.8, 4) is 17.6 Å². The van der Waals surface area contributed by atoms with E-state index < -0.39 is 10.7 Å². The van der Waals surface area contributed by atoms with Gasteiger partial charge >= 0.3 is 0 Å². The molecule has 0 aliphatic heterocycles. The number of phenolic OH excluding ortho intramolecular Hbond substituents is 1. The molecule has 0 aliphatic rings. The molecule has 0 amide bonds. The molecule has 0 heterocycles. The van der Waals surface area contributed by atoms with Crippen molar-refractivity contribution in [3.05, 3.63) is 67.7 Å². The number of nitrogens with zero attached hydrogens (tertiary/aromatic N) is 2. The zero-order valence-electron chi connectivity index (χ0n) is 12.9. The smallest absolute Gasteiger partial charge is 0.270 e. The molecule has 0 bridgehead atoms. The van der Waals surface area contributed by atoms with Gasteiger partial charge in [-0.2, -0.15) is 5.26 Å². The molecule has 2 aromatic carbocycles. The zero-order valence-corrected chi connectivity index (χ0v) is 14.5. The third kappa shape index (κ3) is 4.02. The lowest BCUT2D eigenvalue weighted by molar-refractivity contribution is -0.384. The highest BCUT2D eigenvalue weighted by Gasteiger charge is 2.16. The number of hydrogen-bond donors (Lipinski definition) is 1. The number of nitro groups is 1. The summed E-state index contributed by atoms with van der Waals surface area (Å²) < 4.78 is 5.35. The first-order valence-electron chi connectivity index (χ1n) is 6.84. The largest absolute Gasteiger partial charge is 0.503 e. The fourth-order valence-corrected chi connectivity index (χ4v) is 2.52. The van der Waals surface area contributed by atoms with Crippen LogP contribution in [0.4, 0.5) is 5.69 Å². The summed E-state index contributed by atoms with van der Waals surface area (Å²) in [6, 6.07) is 9.90. The molecular weight excluding hydrogens is 392 g/mol. The fraction of sp³-hybridized carbons (Fsp3) is 0.0588. The maximum atomic E-state index is 12.5. The molecule has 126 valence electrons. The summed E-state index contributed by atoms with van der Waals surface area (Å²) in [5.41, 5.74) is 0.0287. The lowest BCUT2D eigenvalue weighted by Crippen LogP contribution is -2.03. The topological polar surface area (TPSA) is 113 Å². The Morgan fingerprint density at radius 2 is 2.12 bits per heavy atom. The Bertz CT molecular complexity index is 931. The Morgan fingerprint density at radius 1 is 1.40 bits per heavy atom. The normalized spacial score (nSPS) is 10.8. The summed E-state index contributed by atoms with van der Waals surface area (Å²) in [5, 5.41) is 29.9. The number of methoxy groups -OCH3 is 1. The highest BCUT2D eigenvalue weighted by molar-refractivity contribution is 9.10. The van der Waals surface area contributed by atoms with Crippen molar-refractivity contribution in [2.24, 2.45) is 0 Å². The van der Waals surface area contributed by atoms with Gasteiger partial charge in [-0.15, -0.1) is 0 Å². The van der Waals surface area contributed by atoms with E-state index in [9.17, 15) is 25.3 Å². The predicted molar refractivity (Wildman–Crippen MR) is 93.4 cm³/mol. The number of phenols is 1. The van der Waals surface area contributed by atoms with Crippen LogP contribution in [0.3, 0.4) is 0 Å². The van der Waals surface area contributed by atoms with Crippen LogP contribution in [0.2, 0.25) is 0 Å². The average molecular weight is 403 g/mol. The number of Topliss-reactive ketones (excluding diaryl/α,β-unsaturated/α-hetero) is 1. The highest BCUT2D eigenvalue weighted by Crippen LogP contribution is 2.35. The van der Waals surface area contributed by atoms with Gasteiger partial charge in [0.25, 0.3) is 5.69 Å². The van der Waals surface area contributed by atoms with Crippen LogP contribution in [0.15, 0.2) is 46.4 Å². The maximum Gasteiger partial charge on any atom is 0.270 e. The van der Waals surface area contributed by atoms with Crippen LogP contribution >= 0.6 is 15.9 Å². The van der Waals surface area contributed by atoms with Crippen LogP contribution in [0, 0.1) is 21.4 Å². The molecule has 1 N–H and O–H groups in total. The van der Waals surface area contributed by atoms with Crippen molar-refractivity contribution >= 4 is 33.5 Å². The second kappa shape index (κ2) is 7.59. The van der Waals surface area contributed by atoms with Crippen molar-refractivity contribution in [2.45, 2.75) is 0 Å². The van der Waals surface area contributed by atoms with E-state index in [-0.39, 0.29) is 28.3 Å². The van der Waals surface area contributed by atoms with Crippen molar-refractivity contribution in [1.82, 2.24) is 0 Å². The number of carbonyl (C=O) groups is 1. The third-order valence-electron chi connectivity index (χ3n) is 3.27. The number of ketones is 1. The van der Waals surface area contributed by atoms with Crippen LogP contribution < -0.4 is 4.74 Å². The minimum Gasteiger partial charge on any atom is -0.503 e. The van der Waals surface area contributed by atoms with E-state index in [1.54, 1.807) is 6.07 Å². The third-order valence-corrected chi connectivity index (χ3v) is 3.87. The molecule has 8 heteroatoms. The molecule has 25 heavy (non-hydrogen) atoms. The van der Waals surface area contributed by atoms with E-state index in [2.05, 4.69) is 15.9 Å². The van der Waals surface area contributed by atoms with E-state index in [4.69, 9.17) is 4.74 Å². The molecule has 0 atom stereocenters. The first kappa shape index (κ1) is 18.2. The molecule has 0 aromatic heterocycles. The quantitative estimate of drug-likeness (QED) is 0.267. The lowest BCUT2D eigenvalue weighted by Gasteiger charge is -2.07. The summed E-state index contributed by atoms with van der Waals surface area (Å²) in [6.07, 6.45) is 1.31. The van der Waals surface area contributed by atoms with Gasteiger partial charge in [-0.25, -0.2) is 0 Å². The molecule has 2 aromatic rings. The van der Waals surface area contributed by atoms with E-state index in [1.165, 1.54) is 43.5 Å². The number of nitriles is 1. The van der Waals surface area contributed by atoms with Gasteiger partial charge in [0.05, 0.1) is 16.5 Å². The molecule has 0 saturated carbocycles. The minimum atomic E-state index is -0.644. The Balaban J connectivity index is 2.46. The van der Waals surface area contributed by atoms with Gasteiger partial charge < -0.3 is 9.84 Å². The monoisotopic (exact) mass is 402 g/mol. The molecule has 0 unspecified atom stereocenters. The van der Waals surface area contributed by atoms with Crippen LogP contribution in [-0.2, 0) is 0 Å². The predicted octanol–water partition coefficient (Wildman–Crippen LogP) is 3.86. The highest BCUT2D eigenvalue weighted by atomic mass is 79.9. The first-order chi connectivity index (χ1) is 11.9. The summed E-state index contributed by atoms with van der Waals surface area (Å²) in [6.45, 7) is 0. The van der Waals surface area contributed by atoms with Gasteiger partial charge in [-0.1, -0.05) is 12.1 Å². The molecule has 2 rings (SSSR count). The summed E-state index contributed by atoms with van der Waals surface area (Å²) in [7, 11) is 1.37. The standard InChI is InChI=1S/C17H11BrN2O5/c1-25-15-7-10(6-14(18)17(15)22)5-12(9-19)16(21)11-3-2-4-13(8-11)20(23)24/h2-8,22H,1H3/b12-5+. The molecule has 0 aliphatic carbocycles. The molecule has 0 saturated heterocycles. The number of benzene rings is 2. The Labute approximate surface area is 151 Å². The molecule has 7 nitrogen and oxygen atoms in total. The summed E-state index contributed by atoms with van der Waals surface area (Å²) >= 11 is 3.15. The number of rotatable bonds is 5. The van der Waals surface area contributed by atoms with Crippen LogP contribution in [0.1, 0.15) is 15.9 Å². The molecule has 0 spiro atoms. The maximum absolute atomic E-state index is 12.5. The number of aromatic hydroxyl groups is 1. The van der Waals surface area contributed by atoms with E-state index in [0.29, 0.717) is 10.0 Å². The van der Waals surface area contributed by atoms with E-state index in [1.807, 2.05) is 0 Å². The fourth-order valence-electron chi connectivity index (χ4n) is 2.06. The van der Waals surface area contributed by atoms with Crippen LogP contribution in [-0.4, -0.2) is 22.9 Å². The van der Waals surface area contributed by atoms with Crippen molar-refractivity contribution in [3.63, 3.8) is 0 Å². The second-order valence-electron chi connectivity index (χ2n) is 4.86. The lowest BCUT2D eigenvalue weighted by atomic mass is 10.0. The number of halogens is 1. The number of nitro benzene ring substituents is 1. The summed E-state index contributed by atoms with van der Waals surface area (Å²) in [4.78, 5) is 22.7. The summed E-state index contributed by atoms with van der Waals surface area (Å²) in [5.74, 6) is -0.585. The molecule has 0 fully saturated rings. The Kier molecular flexibility index (Phi) is 5.52. The zero-order chi connectivity index (χ0) is 18.6. The van der Waals surface area contributed by atoms with Crippen LogP contribution in [0.25, 0.3) is 6.08 Å². The number of hydrogen-bond acceptors (Lipinski definition) is 6. The van der Waals surface area contributed by atoms with Gasteiger partial charge in [0.15, 0.2) is 11.5 Å². The van der Waals surface area contributed by atoms with Crippen molar-refractivity contribution in [2.75, 3.05) is 7.11 Å². The van der Waals surface area contributed by atoms with Gasteiger partial charge in [0, 0.05) is 17.7 Å². The van der Waals surface area contributed by atoms with Gasteiger partial charge in [0.1, 0.15) is 11.6 Å². The van der Waals surface area contributed by atoms with Crippen molar-refractivity contribution < 1.29 is 19.6 Å². The SMILES string of the molecule is COc1cc(/C=C(\C#N)C(=O)c2cccc([N+](=O)[O-])c2)cc(Br)c1O. The minimum absolute atomic E-state index is 0.0341. The number of allylic oxidation sites excluding steroid dienone is 1. The van der Waals surface area contributed by atoms with Crippen molar-refractivity contribution in [1.29, 1.82) is 5.26 Å². The van der Waals surface area contributed by atoms with E-state index >= 15 is 0 Å². The Morgan fingerprint density at radius 3 is 2.72 bits per heavy atom. The number of non-ortho nitro benzene ring substituents is 1. The molecule has 0 radical (unpaired) electrons. The van der Waals surface area contributed by atoms with Gasteiger partial charge in [-0.3, -0.25) is 14.9 Å². The van der Waals surface area contributed by atoms with Gasteiger partial charge in [0.2, 0.25) is 5.78 Å². The average Bonchev–Trinajstić information content (AvgIpc) is 2.61. The Hall–Kier alpha value is -3.18. The second-order valence-corrected chi connectivity index (χ2v) is 5.71. The van der Waals surface area contributed by atoms with E-state index in [0.717, 1.165) is 6.07 Å². The first-order valence-corrected chi connectivity index (χ1v) is 7.64. The number of ether oxygens (including phenoxy) is 1. The van der Waals surface area contributed by atoms with Gasteiger partial charge in [-0.05, 0) is 39.7 Å².